The first-order valence-corrected chi connectivity index (χ1v) is 4.19. The molecule has 1 aromatic heterocycles. The van der Waals surface area contributed by atoms with Crippen molar-refractivity contribution in [3.8, 4) is 0 Å². The molecule has 0 aliphatic carbocycles. The van der Waals surface area contributed by atoms with Crippen molar-refractivity contribution in [2.24, 2.45) is 12.8 Å². The van der Waals surface area contributed by atoms with Gasteiger partial charge in [-0.15, -0.1) is 12.4 Å². The lowest BCUT2D eigenvalue weighted by Gasteiger charge is -1.96. The van der Waals surface area contributed by atoms with Gasteiger partial charge in [-0.1, -0.05) is 13.3 Å². The lowest BCUT2D eigenvalue weighted by molar-refractivity contribution is 0.0992. The molecule has 6 heteroatoms. The second kappa shape index (κ2) is 4.85. The lowest BCUT2D eigenvalue weighted by Crippen LogP contribution is -2.17. The van der Waals surface area contributed by atoms with Gasteiger partial charge in [-0.3, -0.25) is 9.48 Å². The van der Waals surface area contributed by atoms with Crippen LogP contribution in [0.15, 0.2) is 0 Å². The Morgan fingerprint density at radius 3 is 2.50 bits per heavy atom. The Kier molecular flexibility index (Phi) is 4.43. The van der Waals surface area contributed by atoms with E-state index < -0.39 is 5.91 Å². The molecule has 0 saturated heterocycles. The summed E-state index contributed by atoms with van der Waals surface area (Å²) in [5, 5.41) is 4.11. The molecule has 0 fully saturated rings. The predicted octanol–water partition coefficient (Wildman–Crippen LogP) is 0.476. The summed E-state index contributed by atoms with van der Waals surface area (Å²) < 4.78 is 1.43. The molecular formula is C8H15ClN4O. The summed E-state index contributed by atoms with van der Waals surface area (Å²) in [6, 6.07) is 0. The van der Waals surface area contributed by atoms with Gasteiger partial charge in [0, 0.05) is 7.05 Å². The number of aromatic nitrogens is 2. The number of aryl methyl sites for hydroxylation is 2. The van der Waals surface area contributed by atoms with Crippen LogP contribution in [0.3, 0.4) is 0 Å². The molecule has 80 valence electrons. The van der Waals surface area contributed by atoms with E-state index in [-0.39, 0.29) is 12.4 Å². The van der Waals surface area contributed by atoms with Crippen molar-refractivity contribution in [1.82, 2.24) is 9.78 Å². The smallest absolute Gasteiger partial charge is 0.269 e. The number of nitrogens with zero attached hydrogens (tertiary/aromatic N) is 2. The molecule has 1 aromatic rings. The number of primary amides is 1. The first-order valence-electron chi connectivity index (χ1n) is 4.19. The second-order valence-corrected chi connectivity index (χ2v) is 2.95. The van der Waals surface area contributed by atoms with Crippen LogP contribution in [0.1, 0.15) is 29.5 Å². The fourth-order valence-electron chi connectivity index (χ4n) is 1.31. The molecule has 0 aromatic carbocycles. The molecule has 0 saturated carbocycles. The number of halogens is 1. The van der Waals surface area contributed by atoms with E-state index in [4.69, 9.17) is 11.5 Å². The van der Waals surface area contributed by atoms with Gasteiger partial charge in [0.2, 0.25) is 0 Å². The van der Waals surface area contributed by atoms with Crippen molar-refractivity contribution in [3.05, 3.63) is 11.4 Å². The summed E-state index contributed by atoms with van der Waals surface area (Å²) in [6.07, 6.45) is 1.71. The predicted molar refractivity (Wildman–Crippen MR) is 57.4 cm³/mol. The van der Waals surface area contributed by atoms with Gasteiger partial charge in [0.15, 0.2) is 0 Å². The summed E-state index contributed by atoms with van der Waals surface area (Å²) in [5.41, 5.74) is 12.3. The van der Waals surface area contributed by atoms with Crippen LogP contribution in [0.25, 0.3) is 0 Å². The summed E-state index contributed by atoms with van der Waals surface area (Å²) >= 11 is 0. The molecule has 0 bridgehead atoms. The highest BCUT2D eigenvalue weighted by Gasteiger charge is 2.16. The normalized spacial score (nSPS) is 9.57. The van der Waals surface area contributed by atoms with Gasteiger partial charge in [-0.05, 0) is 6.42 Å². The average molecular weight is 219 g/mol. The number of hydrogen-bond donors (Lipinski definition) is 2. The maximum absolute atomic E-state index is 10.9. The van der Waals surface area contributed by atoms with E-state index in [9.17, 15) is 4.79 Å². The molecule has 1 amide bonds. The lowest BCUT2D eigenvalue weighted by atomic mass is 10.2. The highest BCUT2D eigenvalue weighted by molar-refractivity contribution is 5.96. The van der Waals surface area contributed by atoms with Crippen LogP contribution >= 0.6 is 12.4 Å². The Hall–Kier alpha value is -1.23. The Balaban J connectivity index is 0.00000169. The molecule has 5 nitrogen and oxygen atoms in total. The molecule has 1 rings (SSSR count). The van der Waals surface area contributed by atoms with E-state index in [1.165, 1.54) is 4.68 Å². The molecule has 0 radical (unpaired) electrons. The summed E-state index contributed by atoms with van der Waals surface area (Å²) in [7, 11) is 1.66. The highest BCUT2D eigenvalue weighted by atomic mass is 35.5. The largest absolute Gasteiger partial charge is 0.395 e. The van der Waals surface area contributed by atoms with E-state index >= 15 is 0 Å². The van der Waals surface area contributed by atoms with Crippen molar-refractivity contribution in [2.75, 3.05) is 5.73 Å². The van der Waals surface area contributed by atoms with Crippen molar-refractivity contribution in [2.45, 2.75) is 19.8 Å². The number of amides is 1. The summed E-state index contributed by atoms with van der Waals surface area (Å²) in [4.78, 5) is 10.9. The van der Waals surface area contributed by atoms with Crippen LogP contribution in [0.2, 0.25) is 0 Å². The van der Waals surface area contributed by atoms with Gasteiger partial charge in [0.25, 0.3) is 5.91 Å². The Morgan fingerprint density at radius 2 is 2.14 bits per heavy atom. The number of nitrogens with two attached hydrogens (primary N) is 2. The molecule has 0 atom stereocenters. The SMILES string of the molecule is CCCc1nn(C)c(C(N)=O)c1N.Cl. The van der Waals surface area contributed by atoms with E-state index in [2.05, 4.69) is 5.10 Å². The third-order valence-corrected chi connectivity index (χ3v) is 1.88. The van der Waals surface area contributed by atoms with Gasteiger partial charge in [-0.2, -0.15) is 5.10 Å². The number of carbonyl (C=O) groups excluding carboxylic acids is 1. The van der Waals surface area contributed by atoms with Gasteiger partial charge >= 0.3 is 0 Å². The quantitative estimate of drug-likeness (QED) is 0.774. The monoisotopic (exact) mass is 218 g/mol. The molecule has 1 heterocycles. The first kappa shape index (κ1) is 12.8. The fourth-order valence-corrected chi connectivity index (χ4v) is 1.31. The summed E-state index contributed by atoms with van der Waals surface area (Å²) in [5.74, 6) is -0.533. The van der Waals surface area contributed by atoms with Crippen LogP contribution in [0, 0.1) is 0 Å². The number of hydrogen-bond acceptors (Lipinski definition) is 3. The van der Waals surface area contributed by atoms with Gasteiger partial charge in [0.1, 0.15) is 5.69 Å². The molecule has 14 heavy (non-hydrogen) atoms. The van der Waals surface area contributed by atoms with Gasteiger partial charge < -0.3 is 11.5 Å². The second-order valence-electron chi connectivity index (χ2n) is 2.95. The van der Waals surface area contributed by atoms with Crippen molar-refractivity contribution in [1.29, 1.82) is 0 Å². The number of anilines is 1. The zero-order valence-corrected chi connectivity index (χ0v) is 9.10. The fraction of sp³-hybridized carbons (Fsp3) is 0.500. The zero-order valence-electron chi connectivity index (χ0n) is 8.28. The molecular weight excluding hydrogens is 204 g/mol. The van der Waals surface area contributed by atoms with Crippen molar-refractivity contribution < 1.29 is 4.79 Å². The third kappa shape index (κ3) is 2.17. The van der Waals surface area contributed by atoms with Crippen molar-refractivity contribution >= 4 is 24.0 Å². The molecule has 0 unspecified atom stereocenters. The molecule has 0 spiro atoms. The Morgan fingerprint density at radius 1 is 1.57 bits per heavy atom. The number of rotatable bonds is 3. The summed E-state index contributed by atoms with van der Waals surface area (Å²) in [6.45, 7) is 2.03. The molecule has 0 aliphatic heterocycles. The topological polar surface area (TPSA) is 86.9 Å². The minimum Gasteiger partial charge on any atom is -0.395 e. The van der Waals surface area contributed by atoms with Crippen molar-refractivity contribution in [3.63, 3.8) is 0 Å². The average Bonchev–Trinajstić information content (AvgIpc) is 2.28. The van der Waals surface area contributed by atoms with Crippen LogP contribution in [0.5, 0.6) is 0 Å². The maximum Gasteiger partial charge on any atom is 0.269 e. The first-order chi connectivity index (χ1) is 6.07. The third-order valence-electron chi connectivity index (χ3n) is 1.88. The minimum atomic E-state index is -0.533. The standard InChI is InChI=1S/C8H14N4O.ClH/c1-3-4-5-6(9)7(8(10)13)12(2)11-5;/h3-4,9H2,1-2H3,(H2,10,13);1H. The number of carbonyl (C=O) groups is 1. The van der Waals surface area contributed by atoms with Crippen LogP contribution in [-0.2, 0) is 13.5 Å². The Bertz CT molecular complexity index is 334. The molecule has 4 N–H and O–H groups in total. The van der Waals surface area contributed by atoms with Gasteiger partial charge in [-0.25, -0.2) is 0 Å². The van der Waals surface area contributed by atoms with E-state index in [1.807, 2.05) is 6.92 Å². The zero-order chi connectivity index (χ0) is 10.0. The molecule has 0 aliphatic rings. The maximum atomic E-state index is 10.9. The van der Waals surface area contributed by atoms with Gasteiger partial charge in [0.05, 0.1) is 11.4 Å². The van der Waals surface area contributed by atoms with E-state index in [0.29, 0.717) is 11.4 Å². The minimum absolute atomic E-state index is 0. The van der Waals surface area contributed by atoms with Crippen LogP contribution < -0.4 is 11.5 Å². The number of nitrogen functional groups attached to an aromatic ring is 1. The van der Waals surface area contributed by atoms with E-state index in [0.717, 1.165) is 18.5 Å². The highest BCUT2D eigenvalue weighted by Crippen LogP contribution is 2.16. The van der Waals surface area contributed by atoms with Crippen LogP contribution in [0.4, 0.5) is 5.69 Å². The van der Waals surface area contributed by atoms with E-state index in [1.54, 1.807) is 7.05 Å². The van der Waals surface area contributed by atoms with Crippen LogP contribution in [-0.4, -0.2) is 15.7 Å². The Labute approximate surface area is 88.9 Å².